The zero-order chi connectivity index (χ0) is 12.3. The maximum Gasteiger partial charge on any atom is 0.223 e. The highest BCUT2D eigenvalue weighted by molar-refractivity contribution is 5.79. The second-order valence-corrected chi connectivity index (χ2v) is 5.54. The van der Waals surface area contributed by atoms with Gasteiger partial charge in [0.2, 0.25) is 5.91 Å². The van der Waals surface area contributed by atoms with E-state index < -0.39 is 0 Å². The highest BCUT2D eigenvalue weighted by atomic mass is 16.1. The van der Waals surface area contributed by atoms with Gasteiger partial charge < -0.3 is 16.0 Å². The van der Waals surface area contributed by atoms with E-state index in [1.165, 1.54) is 12.8 Å². The van der Waals surface area contributed by atoms with Crippen molar-refractivity contribution in [1.82, 2.24) is 10.2 Å². The highest BCUT2D eigenvalue weighted by Crippen LogP contribution is 2.30. The van der Waals surface area contributed by atoms with E-state index >= 15 is 0 Å². The van der Waals surface area contributed by atoms with E-state index in [0.29, 0.717) is 12.5 Å². The van der Waals surface area contributed by atoms with Crippen LogP contribution < -0.4 is 11.1 Å². The molecule has 0 heterocycles. The van der Waals surface area contributed by atoms with E-state index in [1.807, 2.05) is 0 Å². The molecule has 3 N–H and O–H groups in total. The van der Waals surface area contributed by atoms with Crippen LogP contribution in [0.15, 0.2) is 0 Å². The summed E-state index contributed by atoms with van der Waals surface area (Å²) in [6, 6.07) is 0.773. The molecule has 4 nitrogen and oxygen atoms in total. The third-order valence-electron chi connectivity index (χ3n) is 4.23. The Balaban J connectivity index is 1.65. The Morgan fingerprint density at radius 1 is 1.35 bits per heavy atom. The number of nitrogens with one attached hydrogen (secondary N) is 1. The van der Waals surface area contributed by atoms with Crippen LogP contribution in [-0.4, -0.2) is 43.5 Å². The summed E-state index contributed by atoms with van der Waals surface area (Å²) in [6.45, 7) is 2.40. The maximum atomic E-state index is 12.0. The molecule has 0 spiro atoms. The van der Waals surface area contributed by atoms with Gasteiger partial charge in [0.1, 0.15) is 0 Å². The first-order valence-electron chi connectivity index (χ1n) is 6.90. The lowest BCUT2D eigenvalue weighted by molar-refractivity contribution is -0.126. The van der Waals surface area contributed by atoms with E-state index in [-0.39, 0.29) is 11.8 Å². The predicted octanol–water partition coefficient (Wildman–Crippen LogP) is 0.572. The monoisotopic (exact) mass is 239 g/mol. The Labute approximate surface area is 104 Å². The summed E-state index contributed by atoms with van der Waals surface area (Å²) in [4.78, 5) is 14.3. The van der Waals surface area contributed by atoms with Gasteiger partial charge in [-0.15, -0.1) is 0 Å². The summed E-state index contributed by atoms with van der Waals surface area (Å²) < 4.78 is 0. The minimum atomic E-state index is 0.172. The summed E-state index contributed by atoms with van der Waals surface area (Å²) in [5.74, 6) is 0.810. The number of nitrogens with zero attached hydrogens (tertiary/aromatic N) is 1. The van der Waals surface area contributed by atoms with Gasteiger partial charge in [-0.25, -0.2) is 0 Å². The van der Waals surface area contributed by atoms with E-state index in [1.54, 1.807) is 0 Å². The molecule has 2 atom stereocenters. The summed E-state index contributed by atoms with van der Waals surface area (Å²) in [5.41, 5.74) is 5.70. The Morgan fingerprint density at radius 2 is 2.12 bits per heavy atom. The van der Waals surface area contributed by atoms with Crippen LogP contribution in [0.4, 0.5) is 0 Å². The first-order valence-corrected chi connectivity index (χ1v) is 6.90. The van der Waals surface area contributed by atoms with Crippen LogP contribution in [0.25, 0.3) is 0 Å². The van der Waals surface area contributed by atoms with Crippen molar-refractivity contribution in [2.24, 2.45) is 17.6 Å². The average Bonchev–Trinajstić information content (AvgIpc) is 3.06. The van der Waals surface area contributed by atoms with Gasteiger partial charge >= 0.3 is 0 Å². The van der Waals surface area contributed by atoms with E-state index in [0.717, 1.165) is 38.4 Å². The molecule has 0 aromatic rings. The molecule has 2 rings (SSSR count). The molecule has 0 bridgehead atoms. The minimum Gasteiger partial charge on any atom is -0.355 e. The summed E-state index contributed by atoms with van der Waals surface area (Å²) in [7, 11) is 2.14. The second kappa shape index (κ2) is 5.83. The van der Waals surface area contributed by atoms with Gasteiger partial charge in [-0.3, -0.25) is 4.79 Å². The molecule has 1 amide bonds. The fourth-order valence-electron chi connectivity index (χ4n) is 2.85. The minimum absolute atomic E-state index is 0.172. The Hall–Kier alpha value is -0.610. The van der Waals surface area contributed by atoms with E-state index in [4.69, 9.17) is 5.73 Å². The van der Waals surface area contributed by atoms with Crippen molar-refractivity contribution in [2.45, 2.75) is 38.1 Å². The van der Waals surface area contributed by atoms with Crippen molar-refractivity contribution in [3.05, 3.63) is 0 Å². The van der Waals surface area contributed by atoms with Crippen LogP contribution in [0.2, 0.25) is 0 Å². The summed E-state index contributed by atoms with van der Waals surface area (Å²) >= 11 is 0. The lowest BCUT2D eigenvalue weighted by Crippen LogP contribution is -2.39. The largest absolute Gasteiger partial charge is 0.355 e. The fraction of sp³-hybridized carbons (Fsp3) is 0.923. The number of carbonyl (C=O) groups excluding carboxylic acids is 1. The number of nitrogens with two attached hydrogens (primary N) is 1. The standard InChI is InChI=1S/C13H25N3O/c1-16(11-5-6-11)8-7-15-13(17)12-4-2-3-10(12)9-14/h10-12H,2-9,14H2,1H3,(H,15,17). The van der Waals surface area contributed by atoms with E-state index in [9.17, 15) is 4.79 Å². The SMILES string of the molecule is CN(CCNC(=O)C1CCCC1CN)C1CC1. The molecule has 0 radical (unpaired) electrons. The molecule has 17 heavy (non-hydrogen) atoms. The summed E-state index contributed by atoms with van der Waals surface area (Å²) in [5, 5.41) is 3.07. The molecule has 4 heteroatoms. The van der Waals surface area contributed by atoms with Crippen molar-refractivity contribution in [2.75, 3.05) is 26.7 Å². The van der Waals surface area contributed by atoms with Crippen molar-refractivity contribution >= 4 is 5.91 Å². The highest BCUT2D eigenvalue weighted by Gasteiger charge is 2.32. The zero-order valence-corrected chi connectivity index (χ0v) is 10.8. The van der Waals surface area contributed by atoms with Gasteiger partial charge in [-0.2, -0.15) is 0 Å². The van der Waals surface area contributed by atoms with Crippen molar-refractivity contribution in [3.63, 3.8) is 0 Å². The third-order valence-corrected chi connectivity index (χ3v) is 4.23. The van der Waals surface area contributed by atoms with Gasteiger partial charge in [0.25, 0.3) is 0 Å². The van der Waals surface area contributed by atoms with Crippen LogP contribution in [-0.2, 0) is 4.79 Å². The van der Waals surface area contributed by atoms with Crippen molar-refractivity contribution < 1.29 is 4.79 Å². The van der Waals surface area contributed by atoms with Crippen molar-refractivity contribution in [1.29, 1.82) is 0 Å². The van der Waals surface area contributed by atoms with E-state index in [2.05, 4.69) is 17.3 Å². The topological polar surface area (TPSA) is 58.4 Å². The molecule has 0 aromatic carbocycles. The zero-order valence-electron chi connectivity index (χ0n) is 10.8. The number of rotatable bonds is 6. The molecule has 0 aromatic heterocycles. The first kappa shape index (κ1) is 12.8. The smallest absolute Gasteiger partial charge is 0.223 e. The molecule has 2 saturated carbocycles. The molecule has 2 unspecified atom stereocenters. The molecular formula is C13H25N3O. The molecule has 0 saturated heterocycles. The number of carbonyl (C=O) groups is 1. The Kier molecular flexibility index (Phi) is 4.40. The van der Waals surface area contributed by atoms with Crippen LogP contribution in [0.1, 0.15) is 32.1 Å². The van der Waals surface area contributed by atoms with Gasteiger partial charge in [0.15, 0.2) is 0 Å². The quantitative estimate of drug-likeness (QED) is 0.712. The molecule has 98 valence electrons. The van der Waals surface area contributed by atoms with Gasteiger partial charge in [0, 0.05) is 25.0 Å². The van der Waals surface area contributed by atoms with Crippen LogP contribution in [0, 0.1) is 11.8 Å². The number of hydrogen-bond donors (Lipinski definition) is 2. The first-order chi connectivity index (χ1) is 8.22. The molecule has 0 aliphatic heterocycles. The van der Waals surface area contributed by atoms with Crippen molar-refractivity contribution in [3.8, 4) is 0 Å². The lowest BCUT2D eigenvalue weighted by Gasteiger charge is -2.19. The lowest BCUT2D eigenvalue weighted by atomic mass is 9.95. The maximum absolute atomic E-state index is 12.0. The molecule has 2 aliphatic rings. The predicted molar refractivity (Wildman–Crippen MR) is 68.5 cm³/mol. The Morgan fingerprint density at radius 3 is 2.76 bits per heavy atom. The number of likely N-dealkylation sites (N-methyl/N-ethyl adjacent to an activating group) is 1. The number of hydrogen-bond acceptors (Lipinski definition) is 3. The molecular weight excluding hydrogens is 214 g/mol. The fourth-order valence-corrected chi connectivity index (χ4v) is 2.85. The molecule has 2 fully saturated rings. The van der Waals surface area contributed by atoms with Crippen LogP contribution >= 0.6 is 0 Å². The third kappa shape index (κ3) is 3.42. The number of amides is 1. The second-order valence-electron chi connectivity index (χ2n) is 5.54. The summed E-state index contributed by atoms with van der Waals surface area (Å²) in [6.07, 6.45) is 5.94. The molecule has 2 aliphatic carbocycles. The van der Waals surface area contributed by atoms with Gasteiger partial charge in [-0.05, 0) is 45.2 Å². The Bertz CT molecular complexity index is 265. The van der Waals surface area contributed by atoms with Gasteiger partial charge in [0.05, 0.1) is 0 Å². The average molecular weight is 239 g/mol. The van der Waals surface area contributed by atoms with Crippen LogP contribution in [0.5, 0.6) is 0 Å². The van der Waals surface area contributed by atoms with Gasteiger partial charge in [-0.1, -0.05) is 6.42 Å². The van der Waals surface area contributed by atoms with Crippen LogP contribution in [0.3, 0.4) is 0 Å². The normalized spacial score (nSPS) is 28.6.